The van der Waals surface area contributed by atoms with Crippen LogP contribution in [0, 0.1) is 12.8 Å². The number of anilines is 1. The van der Waals surface area contributed by atoms with Crippen LogP contribution in [0.2, 0.25) is 0 Å². The number of aryl methyl sites for hydroxylation is 1. The minimum absolute atomic E-state index is 0.0205. The number of carboxylic acid groups (broad SMARTS) is 2. The first-order chi connectivity index (χ1) is 10.8. The molecule has 0 saturated carbocycles. The number of carbonyl (C=O) groups is 3. The number of nitrogens with zero attached hydrogens (tertiary/aromatic N) is 2. The summed E-state index contributed by atoms with van der Waals surface area (Å²) in [6.45, 7) is 6.52. The third-order valence-electron chi connectivity index (χ3n) is 3.32. The van der Waals surface area contributed by atoms with Gasteiger partial charge in [0.2, 0.25) is 5.91 Å². The molecule has 9 heteroatoms. The summed E-state index contributed by atoms with van der Waals surface area (Å²) in [6.07, 6.45) is 2.35. The molecule has 3 N–H and O–H groups in total. The molecule has 128 valence electrons. The van der Waals surface area contributed by atoms with Gasteiger partial charge in [0, 0.05) is 6.07 Å². The summed E-state index contributed by atoms with van der Waals surface area (Å²) in [4.78, 5) is 32.1. The van der Waals surface area contributed by atoms with Crippen LogP contribution in [0.4, 0.5) is 5.82 Å². The van der Waals surface area contributed by atoms with Gasteiger partial charge in [-0.15, -0.1) is 0 Å². The maximum atomic E-state index is 11.7. The van der Waals surface area contributed by atoms with Crippen LogP contribution in [0.25, 0.3) is 0 Å². The number of likely N-dealkylation sites (tertiary alicyclic amines) is 1. The van der Waals surface area contributed by atoms with Gasteiger partial charge in [-0.2, -0.15) is 0 Å². The summed E-state index contributed by atoms with van der Waals surface area (Å²) in [5, 5.41) is 21.3. The predicted molar refractivity (Wildman–Crippen MR) is 80.0 cm³/mol. The van der Waals surface area contributed by atoms with E-state index >= 15 is 0 Å². The van der Waals surface area contributed by atoms with Crippen LogP contribution < -0.4 is 5.32 Å². The summed E-state index contributed by atoms with van der Waals surface area (Å²) in [5.74, 6) is -1.68. The lowest BCUT2D eigenvalue weighted by Gasteiger charge is -2.29. The van der Waals surface area contributed by atoms with Crippen LogP contribution >= 0.6 is 0 Å². The first-order valence-electron chi connectivity index (χ1n) is 7.19. The summed E-state index contributed by atoms with van der Waals surface area (Å²) >= 11 is 0. The molecule has 1 aliphatic rings. The van der Waals surface area contributed by atoms with E-state index in [2.05, 4.69) is 22.3 Å². The number of aliphatic carboxylic acids is 2. The van der Waals surface area contributed by atoms with Crippen LogP contribution in [0.3, 0.4) is 0 Å². The van der Waals surface area contributed by atoms with Gasteiger partial charge in [-0.05, 0) is 38.8 Å². The van der Waals surface area contributed by atoms with E-state index in [9.17, 15) is 4.79 Å². The highest BCUT2D eigenvalue weighted by Crippen LogP contribution is 2.15. The largest absolute Gasteiger partial charge is 0.473 e. The molecule has 0 atom stereocenters. The molecule has 0 spiro atoms. The monoisotopic (exact) mass is 327 g/mol. The highest BCUT2D eigenvalue weighted by molar-refractivity contribution is 6.27. The lowest BCUT2D eigenvalue weighted by atomic mass is 9.99. The Balaban J connectivity index is 0.000000379. The van der Waals surface area contributed by atoms with Gasteiger partial charge in [-0.1, -0.05) is 12.1 Å². The summed E-state index contributed by atoms with van der Waals surface area (Å²) in [5.41, 5.74) is 0. The lowest BCUT2D eigenvalue weighted by molar-refractivity contribution is -0.159. The van der Waals surface area contributed by atoms with Gasteiger partial charge in [-0.3, -0.25) is 9.69 Å². The van der Waals surface area contributed by atoms with E-state index in [1.165, 1.54) is 12.8 Å². The van der Waals surface area contributed by atoms with Crippen molar-refractivity contribution in [1.82, 2.24) is 10.1 Å². The molecule has 23 heavy (non-hydrogen) atoms. The average molecular weight is 327 g/mol. The molecule has 1 fully saturated rings. The van der Waals surface area contributed by atoms with Crippen LogP contribution in [0.5, 0.6) is 0 Å². The van der Waals surface area contributed by atoms with Crippen LogP contribution in [-0.4, -0.2) is 57.7 Å². The highest BCUT2D eigenvalue weighted by atomic mass is 16.5. The van der Waals surface area contributed by atoms with E-state index in [4.69, 9.17) is 24.3 Å². The van der Waals surface area contributed by atoms with Gasteiger partial charge < -0.3 is 20.1 Å². The summed E-state index contributed by atoms with van der Waals surface area (Å²) in [7, 11) is 0. The number of rotatable bonds is 3. The van der Waals surface area contributed by atoms with Gasteiger partial charge >= 0.3 is 11.9 Å². The van der Waals surface area contributed by atoms with Crippen molar-refractivity contribution in [3.05, 3.63) is 11.8 Å². The second-order valence-electron chi connectivity index (χ2n) is 5.44. The number of aromatic nitrogens is 1. The normalized spacial score (nSPS) is 15.4. The molecule has 0 bridgehead atoms. The van der Waals surface area contributed by atoms with Crippen molar-refractivity contribution >= 4 is 23.7 Å². The molecule has 0 aromatic carbocycles. The minimum atomic E-state index is -1.82. The van der Waals surface area contributed by atoms with Crippen molar-refractivity contribution in [2.24, 2.45) is 5.92 Å². The van der Waals surface area contributed by atoms with Gasteiger partial charge in [0.15, 0.2) is 5.82 Å². The third-order valence-corrected chi connectivity index (χ3v) is 3.32. The molecule has 0 aliphatic carbocycles. The lowest BCUT2D eigenvalue weighted by Crippen LogP contribution is -2.38. The Hall–Kier alpha value is -2.42. The fourth-order valence-electron chi connectivity index (χ4n) is 2.03. The minimum Gasteiger partial charge on any atom is -0.473 e. The molecule has 2 heterocycles. The smallest absolute Gasteiger partial charge is 0.414 e. The van der Waals surface area contributed by atoms with Crippen molar-refractivity contribution < 1.29 is 29.1 Å². The molecule has 1 aromatic heterocycles. The quantitative estimate of drug-likeness (QED) is 0.695. The molecule has 1 amide bonds. The first-order valence-corrected chi connectivity index (χ1v) is 7.19. The molecule has 1 aliphatic heterocycles. The molecule has 1 saturated heterocycles. The fourth-order valence-corrected chi connectivity index (χ4v) is 2.03. The zero-order valence-corrected chi connectivity index (χ0v) is 13.1. The van der Waals surface area contributed by atoms with Gasteiger partial charge in [-0.25, -0.2) is 9.59 Å². The predicted octanol–water partition coefficient (Wildman–Crippen LogP) is 0.809. The van der Waals surface area contributed by atoms with E-state index in [0.29, 0.717) is 18.1 Å². The molecule has 0 unspecified atom stereocenters. The topological polar surface area (TPSA) is 133 Å². The van der Waals surface area contributed by atoms with Crippen LogP contribution in [0.1, 0.15) is 25.5 Å². The third kappa shape index (κ3) is 7.41. The van der Waals surface area contributed by atoms with Crippen molar-refractivity contribution in [1.29, 1.82) is 0 Å². The van der Waals surface area contributed by atoms with Gasteiger partial charge in [0.1, 0.15) is 5.76 Å². The first kappa shape index (κ1) is 18.6. The molecule has 1 aromatic rings. The van der Waals surface area contributed by atoms with Crippen molar-refractivity contribution in [2.45, 2.75) is 26.7 Å². The van der Waals surface area contributed by atoms with E-state index in [-0.39, 0.29) is 5.91 Å². The standard InChI is InChI=1S/C12H19N3O2.C2H2O4/c1-9-3-5-15(6-4-9)8-12(16)13-11-7-10(2)17-14-11;3-1(4)2(5)6/h7,9H,3-6,8H2,1-2H3,(H,13,14,16);(H,3,4)(H,5,6). The maximum Gasteiger partial charge on any atom is 0.414 e. The highest BCUT2D eigenvalue weighted by Gasteiger charge is 2.18. The van der Waals surface area contributed by atoms with Crippen LogP contribution in [-0.2, 0) is 14.4 Å². The Morgan fingerprint density at radius 3 is 2.30 bits per heavy atom. The van der Waals surface area contributed by atoms with Gasteiger partial charge in [0.05, 0.1) is 6.54 Å². The Kier molecular flexibility index (Phi) is 7.20. The van der Waals surface area contributed by atoms with Crippen molar-refractivity contribution in [3.63, 3.8) is 0 Å². The summed E-state index contributed by atoms with van der Waals surface area (Å²) in [6, 6.07) is 1.72. The molecule has 0 radical (unpaired) electrons. The average Bonchev–Trinajstić information content (AvgIpc) is 2.87. The molecular formula is C14H21N3O6. The second kappa shape index (κ2) is 8.89. The van der Waals surface area contributed by atoms with Crippen molar-refractivity contribution in [2.75, 3.05) is 25.0 Å². The number of hydrogen-bond donors (Lipinski definition) is 3. The summed E-state index contributed by atoms with van der Waals surface area (Å²) < 4.78 is 4.89. The fraction of sp³-hybridized carbons (Fsp3) is 0.571. The van der Waals surface area contributed by atoms with Crippen molar-refractivity contribution in [3.8, 4) is 0 Å². The van der Waals surface area contributed by atoms with Crippen LogP contribution in [0.15, 0.2) is 10.6 Å². The zero-order chi connectivity index (χ0) is 17.4. The Bertz CT molecular complexity index is 536. The molecule has 2 rings (SSSR count). The Labute approximate surface area is 133 Å². The zero-order valence-electron chi connectivity index (χ0n) is 13.1. The number of piperidine rings is 1. The number of carboxylic acids is 2. The van der Waals surface area contributed by atoms with E-state index in [1.807, 2.05) is 0 Å². The van der Waals surface area contributed by atoms with E-state index in [1.54, 1.807) is 13.0 Å². The van der Waals surface area contributed by atoms with E-state index < -0.39 is 11.9 Å². The Morgan fingerprint density at radius 2 is 1.87 bits per heavy atom. The number of amides is 1. The number of carbonyl (C=O) groups excluding carboxylic acids is 1. The number of hydrogen-bond acceptors (Lipinski definition) is 6. The maximum absolute atomic E-state index is 11.7. The van der Waals surface area contributed by atoms with E-state index in [0.717, 1.165) is 19.0 Å². The Morgan fingerprint density at radius 1 is 1.30 bits per heavy atom. The number of nitrogens with one attached hydrogen (secondary N) is 1. The molecular weight excluding hydrogens is 306 g/mol. The second-order valence-corrected chi connectivity index (χ2v) is 5.44. The SMILES string of the molecule is Cc1cc(NC(=O)CN2CCC(C)CC2)no1.O=C(O)C(=O)O. The van der Waals surface area contributed by atoms with Gasteiger partial charge in [0.25, 0.3) is 0 Å². The molecule has 9 nitrogen and oxygen atoms in total.